The smallest absolute Gasteiger partial charge is 0.327 e. The van der Waals surface area contributed by atoms with Gasteiger partial charge in [0, 0.05) is 7.05 Å². The number of aliphatic hydroxyl groups excluding tert-OH is 1. The molecule has 2 unspecified atom stereocenters. The van der Waals surface area contributed by atoms with Crippen molar-refractivity contribution in [2.45, 2.75) is 29.6 Å². The Morgan fingerprint density at radius 2 is 2.00 bits per heavy atom. The van der Waals surface area contributed by atoms with Crippen LogP contribution >= 0.6 is 0 Å². The van der Waals surface area contributed by atoms with E-state index in [0.29, 0.717) is 0 Å². The van der Waals surface area contributed by atoms with E-state index in [4.69, 9.17) is 11.5 Å². The molecular weight excluding hydrogens is 348 g/mol. The van der Waals surface area contributed by atoms with E-state index in [1.807, 2.05) is 0 Å². The number of aliphatic imine (C=N–C) groups is 2. The SMILES string of the molecule is CN1CC(=O)N(CC2N=C(N)N3CC(O)C(O)(O)[C@@]34NC(N)=N[C@@H]24)C1=O. The van der Waals surface area contributed by atoms with E-state index >= 15 is 0 Å². The Balaban J connectivity index is 1.74. The summed E-state index contributed by atoms with van der Waals surface area (Å²) < 4.78 is 0. The van der Waals surface area contributed by atoms with E-state index in [9.17, 15) is 24.9 Å². The minimum Gasteiger partial charge on any atom is -0.385 e. The summed E-state index contributed by atoms with van der Waals surface area (Å²) in [6.45, 7) is -0.418. The molecule has 4 heterocycles. The molecule has 4 rings (SSSR count). The van der Waals surface area contributed by atoms with Crippen molar-refractivity contribution in [1.29, 1.82) is 0 Å². The average molecular weight is 368 g/mol. The highest BCUT2D eigenvalue weighted by Gasteiger charge is 2.73. The van der Waals surface area contributed by atoms with Crippen molar-refractivity contribution in [3.05, 3.63) is 0 Å². The molecule has 13 heteroatoms. The minimum absolute atomic E-state index is 0.0566. The lowest BCUT2D eigenvalue weighted by molar-refractivity contribution is -0.257. The lowest BCUT2D eigenvalue weighted by Crippen LogP contribution is -2.77. The van der Waals surface area contributed by atoms with Crippen LogP contribution in [0.3, 0.4) is 0 Å². The number of carbonyl (C=O) groups excluding carboxylic acids is 2. The van der Waals surface area contributed by atoms with Crippen molar-refractivity contribution in [3.63, 3.8) is 0 Å². The van der Waals surface area contributed by atoms with Gasteiger partial charge < -0.3 is 41.9 Å². The molecular formula is C13H20N8O5. The second-order valence-electron chi connectivity index (χ2n) is 6.90. The van der Waals surface area contributed by atoms with Gasteiger partial charge in [-0.2, -0.15) is 0 Å². The molecule has 0 bridgehead atoms. The number of nitrogens with one attached hydrogen (secondary N) is 1. The molecule has 2 fully saturated rings. The van der Waals surface area contributed by atoms with E-state index in [2.05, 4.69) is 15.3 Å². The van der Waals surface area contributed by atoms with Crippen LogP contribution in [0.4, 0.5) is 4.79 Å². The number of guanidine groups is 2. The van der Waals surface area contributed by atoms with Crippen molar-refractivity contribution in [3.8, 4) is 0 Å². The maximum atomic E-state index is 12.2. The van der Waals surface area contributed by atoms with Gasteiger partial charge in [0.05, 0.1) is 19.1 Å². The van der Waals surface area contributed by atoms with Gasteiger partial charge in [0.25, 0.3) is 0 Å². The van der Waals surface area contributed by atoms with Crippen molar-refractivity contribution >= 4 is 23.9 Å². The van der Waals surface area contributed by atoms with Crippen LogP contribution in [-0.2, 0) is 4.79 Å². The number of rotatable bonds is 2. The zero-order chi connectivity index (χ0) is 19.0. The molecule has 142 valence electrons. The van der Waals surface area contributed by atoms with Gasteiger partial charge in [-0.1, -0.05) is 0 Å². The third kappa shape index (κ3) is 1.84. The average Bonchev–Trinajstić information content (AvgIpc) is 3.09. The van der Waals surface area contributed by atoms with E-state index in [1.54, 1.807) is 0 Å². The molecule has 8 N–H and O–H groups in total. The molecule has 0 aromatic carbocycles. The molecule has 26 heavy (non-hydrogen) atoms. The van der Waals surface area contributed by atoms with Crippen molar-refractivity contribution < 1.29 is 24.9 Å². The molecule has 3 amide bonds. The molecule has 4 aliphatic rings. The van der Waals surface area contributed by atoms with Crippen molar-refractivity contribution in [2.75, 3.05) is 26.7 Å². The minimum atomic E-state index is -2.64. The molecule has 0 radical (unpaired) electrons. The van der Waals surface area contributed by atoms with E-state index in [-0.39, 0.29) is 31.6 Å². The number of imide groups is 1. The van der Waals surface area contributed by atoms with E-state index < -0.39 is 41.6 Å². The standard InChI is InChI=1S/C13H20N8O5/c1-19-4-7(23)20(11(19)24)2-5-8-12(18-9(14)17-8)13(25,26)6(22)3-21(12)10(15)16-5/h5-6,8,22,25-26H,2-4H2,1H3,(H2,15,16)(H3,14,17,18)/t5?,6?,8-,12-/m0/s1. The second-order valence-corrected chi connectivity index (χ2v) is 6.90. The third-order valence-corrected chi connectivity index (χ3v) is 5.37. The Bertz CT molecular complexity index is 753. The van der Waals surface area contributed by atoms with Crippen molar-refractivity contribution in [2.24, 2.45) is 21.5 Å². The maximum absolute atomic E-state index is 12.2. The summed E-state index contributed by atoms with van der Waals surface area (Å²) >= 11 is 0. The predicted molar refractivity (Wildman–Crippen MR) is 86.3 cm³/mol. The van der Waals surface area contributed by atoms with Gasteiger partial charge in [0.15, 0.2) is 17.6 Å². The summed E-state index contributed by atoms with van der Waals surface area (Å²) in [6.07, 6.45) is -1.56. The Hall–Kier alpha value is -2.64. The third-order valence-electron chi connectivity index (χ3n) is 5.37. The van der Waals surface area contributed by atoms with Gasteiger partial charge in [0.1, 0.15) is 18.7 Å². The summed E-state index contributed by atoms with van der Waals surface area (Å²) in [5, 5.41) is 34.0. The predicted octanol–water partition coefficient (Wildman–Crippen LogP) is -5.08. The number of urea groups is 1. The first-order chi connectivity index (χ1) is 12.1. The van der Waals surface area contributed by atoms with Gasteiger partial charge in [0.2, 0.25) is 11.7 Å². The van der Waals surface area contributed by atoms with Crippen LogP contribution in [-0.4, -0.2) is 110 Å². The Kier molecular flexibility index (Phi) is 3.21. The quantitative estimate of drug-likeness (QED) is 0.204. The molecule has 0 saturated carbocycles. The Morgan fingerprint density at radius 1 is 1.31 bits per heavy atom. The maximum Gasteiger partial charge on any atom is 0.327 e. The van der Waals surface area contributed by atoms with E-state index in [1.165, 1.54) is 16.8 Å². The van der Waals surface area contributed by atoms with Crippen LogP contribution in [0.15, 0.2) is 9.98 Å². The van der Waals surface area contributed by atoms with Crippen LogP contribution in [0.2, 0.25) is 0 Å². The van der Waals surface area contributed by atoms with Gasteiger partial charge in [-0.3, -0.25) is 9.69 Å². The van der Waals surface area contributed by atoms with Gasteiger partial charge in [-0.15, -0.1) is 0 Å². The zero-order valence-electron chi connectivity index (χ0n) is 13.9. The summed E-state index contributed by atoms with van der Waals surface area (Å²) in [4.78, 5) is 36.3. The van der Waals surface area contributed by atoms with Crippen LogP contribution in [0, 0.1) is 0 Å². The number of hydrogen-bond donors (Lipinski definition) is 6. The van der Waals surface area contributed by atoms with Gasteiger partial charge >= 0.3 is 6.03 Å². The summed E-state index contributed by atoms with van der Waals surface area (Å²) in [6, 6.07) is -2.36. The van der Waals surface area contributed by atoms with Crippen LogP contribution in [0.5, 0.6) is 0 Å². The van der Waals surface area contributed by atoms with Crippen LogP contribution in [0.25, 0.3) is 0 Å². The number of hydrogen-bond acceptors (Lipinski definition) is 11. The highest BCUT2D eigenvalue weighted by molar-refractivity contribution is 6.02. The number of carbonyl (C=O) groups is 2. The number of amides is 3. The van der Waals surface area contributed by atoms with Gasteiger partial charge in [-0.25, -0.2) is 14.8 Å². The molecule has 4 atom stereocenters. The molecule has 0 aromatic heterocycles. The molecule has 4 aliphatic heterocycles. The second kappa shape index (κ2) is 4.96. The highest BCUT2D eigenvalue weighted by Crippen LogP contribution is 2.44. The zero-order valence-corrected chi connectivity index (χ0v) is 13.9. The highest BCUT2D eigenvalue weighted by atomic mass is 16.5. The first kappa shape index (κ1) is 16.8. The molecule has 2 saturated heterocycles. The number of aliphatic hydroxyl groups is 3. The summed E-state index contributed by atoms with van der Waals surface area (Å²) in [5.41, 5.74) is 9.99. The monoisotopic (exact) mass is 368 g/mol. The Labute approximate surface area is 147 Å². The summed E-state index contributed by atoms with van der Waals surface area (Å²) in [7, 11) is 1.50. The number of nitrogens with zero attached hydrogens (tertiary/aromatic N) is 5. The summed E-state index contributed by atoms with van der Waals surface area (Å²) in [5.74, 6) is -3.22. The van der Waals surface area contributed by atoms with Crippen LogP contribution in [0.1, 0.15) is 0 Å². The fourth-order valence-corrected chi connectivity index (χ4v) is 4.10. The number of nitrogens with two attached hydrogens (primary N) is 2. The van der Waals surface area contributed by atoms with E-state index in [0.717, 1.165) is 4.90 Å². The first-order valence-electron chi connectivity index (χ1n) is 8.00. The molecule has 13 nitrogen and oxygen atoms in total. The molecule has 0 aliphatic carbocycles. The molecule has 1 spiro atoms. The largest absolute Gasteiger partial charge is 0.385 e. The lowest BCUT2D eigenvalue weighted by atomic mass is 9.85. The van der Waals surface area contributed by atoms with Crippen molar-refractivity contribution in [1.82, 2.24) is 20.0 Å². The van der Waals surface area contributed by atoms with Gasteiger partial charge in [-0.05, 0) is 0 Å². The molecule has 0 aromatic rings. The fourth-order valence-electron chi connectivity index (χ4n) is 4.10. The van der Waals surface area contributed by atoms with Crippen LogP contribution < -0.4 is 16.8 Å². The lowest BCUT2D eigenvalue weighted by Gasteiger charge is -2.48. The first-order valence-corrected chi connectivity index (χ1v) is 8.00. The normalized spacial score (nSPS) is 38.2. The topological polar surface area (TPSA) is 193 Å². The Morgan fingerprint density at radius 3 is 2.62 bits per heavy atom. The fraction of sp³-hybridized carbons (Fsp3) is 0.692. The number of likely N-dealkylation sites (N-methyl/N-ethyl adjacent to an activating group) is 1.